The van der Waals surface area contributed by atoms with Gasteiger partial charge in [0.05, 0.1) is 0 Å². The van der Waals surface area contributed by atoms with Gasteiger partial charge in [0.25, 0.3) is 0 Å². The Morgan fingerprint density at radius 3 is 2.50 bits per heavy atom. The molecule has 3 aliphatic rings. The van der Waals surface area contributed by atoms with Gasteiger partial charge in [0.2, 0.25) is 5.91 Å². The lowest BCUT2D eigenvalue weighted by atomic mass is 9.85. The molecule has 3 aliphatic carbocycles. The van der Waals surface area contributed by atoms with Crippen molar-refractivity contribution in [2.45, 2.75) is 57.4 Å². The molecular weight excluding hydrogens is 290 g/mol. The van der Waals surface area contributed by atoms with Gasteiger partial charge in [-0.2, -0.15) is 0 Å². The Hall–Kier alpha value is -0.0500. The summed E-state index contributed by atoms with van der Waals surface area (Å²) in [6, 6.07) is 0.564. The molecule has 0 radical (unpaired) electrons. The minimum Gasteiger partial charge on any atom is -0.339 e. The fraction of sp³-hybridized carbons (Fsp3) is 0.933. The van der Waals surface area contributed by atoms with Crippen molar-refractivity contribution in [1.29, 1.82) is 0 Å². The molecule has 102 valence electrons. The number of alkyl halides is 1. The van der Waals surface area contributed by atoms with Gasteiger partial charge in [-0.1, -0.05) is 22.4 Å². The Balaban J connectivity index is 1.55. The Morgan fingerprint density at radius 2 is 2.00 bits per heavy atom. The molecule has 3 unspecified atom stereocenters. The smallest absolute Gasteiger partial charge is 0.223 e. The first-order valence-corrected chi connectivity index (χ1v) is 8.75. The molecule has 2 nitrogen and oxygen atoms in total. The third-order valence-corrected chi connectivity index (χ3v) is 5.84. The second kappa shape index (κ2) is 5.52. The zero-order valence-electron chi connectivity index (χ0n) is 11.1. The first-order chi connectivity index (χ1) is 8.78. The van der Waals surface area contributed by atoms with Gasteiger partial charge in [0.15, 0.2) is 0 Å². The van der Waals surface area contributed by atoms with E-state index < -0.39 is 0 Å². The lowest BCUT2D eigenvalue weighted by Crippen LogP contribution is -2.45. The number of carbonyl (C=O) groups is 1. The summed E-state index contributed by atoms with van der Waals surface area (Å²) in [4.78, 5) is 14.7. The number of amides is 1. The second-order valence-electron chi connectivity index (χ2n) is 6.50. The minimum absolute atomic E-state index is 0.441. The van der Waals surface area contributed by atoms with Crippen molar-refractivity contribution in [3.63, 3.8) is 0 Å². The third kappa shape index (κ3) is 2.48. The summed E-state index contributed by atoms with van der Waals surface area (Å²) in [6.07, 6.45) is 10.2. The summed E-state index contributed by atoms with van der Waals surface area (Å²) in [5.74, 6) is 3.00. The Morgan fingerprint density at radius 1 is 1.17 bits per heavy atom. The van der Waals surface area contributed by atoms with Crippen LogP contribution >= 0.6 is 15.9 Å². The van der Waals surface area contributed by atoms with Gasteiger partial charge < -0.3 is 4.90 Å². The first kappa shape index (κ1) is 13.0. The number of carbonyl (C=O) groups excluding carboxylic acids is 1. The van der Waals surface area contributed by atoms with Gasteiger partial charge in [-0.05, 0) is 56.3 Å². The van der Waals surface area contributed by atoms with Crippen LogP contribution in [0.4, 0.5) is 0 Å². The number of nitrogens with zero attached hydrogens (tertiary/aromatic N) is 1. The number of fused-ring (bicyclic) bond motifs is 2. The average molecular weight is 314 g/mol. The lowest BCUT2D eigenvalue weighted by molar-refractivity contribution is -0.136. The maximum absolute atomic E-state index is 12.5. The molecule has 0 spiro atoms. The van der Waals surface area contributed by atoms with Crippen LogP contribution in [-0.2, 0) is 4.79 Å². The highest BCUT2D eigenvalue weighted by Crippen LogP contribution is 2.49. The Kier molecular flexibility index (Phi) is 3.97. The van der Waals surface area contributed by atoms with E-state index in [0.29, 0.717) is 17.9 Å². The van der Waals surface area contributed by atoms with Crippen LogP contribution in [0.5, 0.6) is 0 Å². The lowest BCUT2D eigenvalue weighted by Gasteiger charge is -2.38. The second-order valence-corrected chi connectivity index (χ2v) is 7.29. The fourth-order valence-electron chi connectivity index (χ4n) is 4.27. The van der Waals surface area contributed by atoms with Gasteiger partial charge in [-0.25, -0.2) is 0 Å². The maximum Gasteiger partial charge on any atom is 0.223 e. The van der Waals surface area contributed by atoms with E-state index >= 15 is 0 Å². The molecule has 3 heteroatoms. The number of hydrogen-bond acceptors (Lipinski definition) is 1. The van der Waals surface area contributed by atoms with Crippen LogP contribution in [0.1, 0.15) is 51.4 Å². The molecule has 3 atom stereocenters. The summed E-state index contributed by atoms with van der Waals surface area (Å²) in [5, 5.41) is 0.923. The Bertz CT molecular complexity index is 316. The maximum atomic E-state index is 12.5. The monoisotopic (exact) mass is 313 g/mol. The largest absolute Gasteiger partial charge is 0.339 e. The van der Waals surface area contributed by atoms with E-state index in [2.05, 4.69) is 20.8 Å². The van der Waals surface area contributed by atoms with Gasteiger partial charge in [-0.15, -0.1) is 0 Å². The van der Waals surface area contributed by atoms with E-state index in [4.69, 9.17) is 0 Å². The summed E-state index contributed by atoms with van der Waals surface area (Å²) in [5.41, 5.74) is 0. The van der Waals surface area contributed by atoms with E-state index in [1.165, 1.54) is 44.9 Å². The average Bonchev–Trinajstić information content (AvgIpc) is 2.87. The molecule has 0 aromatic rings. The summed E-state index contributed by atoms with van der Waals surface area (Å²) >= 11 is 3.49. The van der Waals surface area contributed by atoms with Crippen molar-refractivity contribution >= 4 is 21.8 Å². The van der Waals surface area contributed by atoms with Crippen LogP contribution in [0.15, 0.2) is 0 Å². The van der Waals surface area contributed by atoms with E-state index in [-0.39, 0.29) is 0 Å². The molecule has 3 rings (SSSR count). The van der Waals surface area contributed by atoms with Crippen LogP contribution in [0, 0.1) is 17.8 Å². The molecule has 0 aromatic carbocycles. The number of rotatable bonds is 5. The van der Waals surface area contributed by atoms with Crippen molar-refractivity contribution in [1.82, 2.24) is 4.90 Å². The van der Waals surface area contributed by atoms with Crippen LogP contribution in [0.3, 0.4) is 0 Å². The molecule has 3 fully saturated rings. The summed E-state index contributed by atoms with van der Waals surface area (Å²) in [7, 11) is 0. The molecule has 0 aromatic heterocycles. The molecule has 0 saturated heterocycles. The van der Waals surface area contributed by atoms with Crippen LogP contribution in [0.25, 0.3) is 0 Å². The van der Waals surface area contributed by atoms with Crippen molar-refractivity contribution < 1.29 is 4.79 Å². The van der Waals surface area contributed by atoms with E-state index in [1.54, 1.807) is 0 Å². The predicted molar refractivity (Wildman–Crippen MR) is 76.7 cm³/mol. The molecule has 0 aliphatic heterocycles. The number of halogens is 1. The molecule has 2 bridgehead atoms. The van der Waals surface area contributed by atoms with Crippen LogP contribution < -0.4 is 0 Å². The minimum atomic E-state index is 0.441. The van der Waals surface area contributed by atoms with Gasteiger partial charge >= 0.3 is 0 Å². The van der Waals surface area contributed by atoms with Crippen molar-refractivity contribution in [2.24, 2.45) is 17.8 Å². The number of hydrogen-bond donors (Lipinski definition) is 0. The topological polar surface area (TPSA) is 20.3 Å². The molecule has 0 heterocycles. The summed E-state index contributed by atoms with van der Waals surface area (Å²) < 4.78 is 0. The van der Waals surface area contributed by atoms with E-state index in [0.717, 1.165) is 30.1 Å². The first-order valence-electron chi connectivity index (χ1n) is 7.63. The Labute approximate surface area is 119 Å². The molecule has 1 amide bonds. The van der Waals surface area contributed by atoms with Crippen LogP contribution in [0.2, 0.25) is 0 Å². The summed E-state index contributed by atoms with van der Waals surface area (Å²) in [6.45, 7) is 0.907. The zero-order valence-corrected chi connectivity index (χ0v) is 12.7. The SMILES string of the molecule is O=C(CC1CC2CCC1C2)N(CCBr)C1CCC1. The van der Waals surface area contributed by atoms with E-state index in [9.17, 15) is 4.79 Å². The van der Waals surface area contributed by atoms with Crippen molar-refractivity contribution in [3.05, 3.63) is 0 Å². The standard InChI is InChI=1S/C15H24BrNO/c16-6-7-17(14-2-1-3-14)15(18)10-13-9-11-4-5-12(13)8-11/h11-14H,1-10H2. The fourth-order valence-corrected chi connectivity index (χ4v) is 4.65. The highest BCUT2D eigenvalue weighted by Gasteiger charge is 2.41. The van der Waals surface area contributed by atoms with Crippen LogP contribution in [-0.4, -0.2) is 28.7 Å². The van der Waals surface area contributed by atoms with Gasteiger partial charge in [0.1, 0.15) is 0 Å². The zero-order chi connectivity index (χ0) is 12.5. The van der Waals surface area contributed by atoms with Crippen molar-refractivity contribution in [3.8, 4) is 0 Å². The quantitative estimate of drug-likeness (QED) is 0.710. The van der Waals surface area contributed by atoms with E-state index in [1.807, 2.05) is 0 Å². The van der Waals surface area contributed by atoms with Gasteiger partial charge in [0, 0.05) is 24.3 Å². The molecule has 0 N–H and O–H groups in total. The highest BCUT2D eigenvalue weighted by molar-refractivity contribution is 9.09. The molecular formula is C15H24BrNO. The van der Waals surface area contributed by atoms with Crippen molar-refractivity contribution in [2.75, 3.05) is 11.9 Å². The van der Waals surface area contributed by atoms with Gasteiger partial charge in [-0.3, -0.25) is 4.79 Å². The predicted octanol–water partition coefficient (Wildman–Crippen LogP) is 3.59. The normalized spacial score (nSPS) is 34.6. The highest BCUT2D eigenvalue weighted by atomic mass is 79.9. The third-order valence-electron chi connectivity index (χ3n) is 5.48. The molecule has 3 saturated carbocycles. The molecule has 18 heavy (non-hydrogen) atoms.